The summed E-state index contributed by atoms with van der Waals surface area (Å²) in [5.41, 5.74) is 4.98. The first-order valence-electron chi connectivity index (χ1n) is 7.53. The molecule has 0 spiro atoms. The lowest BCUT2D eigenvalue weighted by atomic mass is 10.1. The van der Waals surface area contributed by atoms with E-state index >= 15 is 0 Å². The molecule has 0 radical (unpaired) electrons. The number of halogens is 1. The standard InChI is InChI=1S/C17H20ClN3O/c18-16-5-1-13(2-6-16)11-14-3-4-15(12-20-19)17(14)21-7-9-22-10-8-21/h1-2,5-6,11-12H,3-4,7-10,19H2/b14-11+,20-12+. The summed E-state index contributed by atoms with van der Waals surface area (Å²) in [6.45, 7) is 3.36. The van der Waals surface area contributed by atoms with E-state index < -0.39 is 0 Å². The van der Waals surface area contributed by atoms with Gasteiger partial charge in [0.25, 0.3) is 0 Å². The third kappa shape index (κ3) is 3.34. The van der Waals surface area contributed by atoms with E-state index in [1.807, 2.05) is 24.3 Å². The fourth-order valence-electron chi connectivity index (χ4n) is 3.02. The van der Waals surface area contributed by atoms with Crippen molar-refractivity contribution in [3.63, 3.8) is 0 Å². The summed E-state index contributed by atoms with van der Waals surface area (Å²) in [4.78, 5) is 2.38. The molecule has 4 nitrogen and oxygen atoms in total. The van der Waals surface area contributed by atoms with E-state index in [-0.39, 0.29) is 0 Å². The highest BCUT2D eigenvalue weighted by atomic mass is 35.5. The molecule has 1 saturated heterocycles. The smallest absolute Gasteiger partial charge is 0.0642 e. The van der Waals surface area contributed by atoms with Gasteiger partial charge < -0.3 is 15.5 Å². The Morgan fingerprint density at radius 1 is 1.14 bits per heavy atom. The van der Waals surface area contributed by atoms with Gasteiger partial charge in [-0.2, -0.15) is 5.10 Å². The van der Waals surface area contributed by atoms with Crippen molar-refractivity contribution in [2.75, 3.05) is 26.3 Å². The summed E-state index contributed by atoms with van der Waals surface area (Å²) >= 11 is 5.96. The van der Waals surface area contributed by atoms with E-state index in [0.717, 1.165) is 49.7 Å². The maximum atomic E-state index is 5.96. The Bertz CT molecular complexity index is 613. The van der Waals surface area contributed by atoms with Gasteiger partial charge in [0, 0.05) is 23.8 Å². The zero-order valence-corrected chi connectivity index (χ0v) is 13.2. The second kappa shape index (κ2) is 6.99. The number of nitrogens with two attached hydrogens (primary N) is 1. The number of hydrogen-bond donors (Lipinski definition) is 1. The van der Waals surface area contributed by atoms with Crippen molar-refractivity contribution < 1.29 is 4.74 Å². The minimum absolute atomic E-state index is 0.758. The molecular formula is C17H20ClN3O. The molecule has 0 atom stereocenters. The van der Waals surface area contributed by atoms with Crippen LogP contribution in [0, 0.1) is 0 Å². The summed E-state index contributed by atoms with van der Waals surface area (Å²) in [6.07, 6.45) is 6.01. The third-order valence-corrected chi connectivity index (χ3v) is 4.29. The number of hydrazone groups is 1. The minimum atomic E-state index is 0.758. The van der Waals surface area contributed by atoms with Crippen molar-refractivity contribution in [1.29, 1.82) is 0 Å². The van der Waals surface area contributed by atoms with Gasteiger partial charge in [0.2, 0.25) is 0 Å². The fourth-order valence-corrected chi connectivity index (χ4v) is 3.15. The zero-order chi connectivity index (χ0) is 15.4. The van der Waals surface area contributed by atoms with Gasteiger partial charge >= 0.3 is 0 Å². The molecule has 1 aliphatic heterocycles. The van der Waals surface area contributed by atoms with Crippen molar-refractivity contribution in [1.82, 2.24) is 4.90 Å². The molecule has 0 saturated carbocycles. The van der Waals surface area contributed by atoms with Gasteiger partial charge in [0.05, 0.1) is 19.4 Å². The summed E-state index contributed by atoms with van der Waals surface area (Å²) in [5, 5.41) is 4.49. The van der Waals surface area contributed by atoms with Crippen LogP contribution in [-0.4, -0.2) is 37.4 Å². The molecule has 0 amide bonds. The van der Waals surface area contributed by atoms with Gasteiger partial charge in [0.1, 0.15) is 0 Å². The zero-order valence-electron chi connectivity index (χ0n) is 12.5. The van der Waals surface area contributed by atoms with E-state index in [9.17, 15) is 0 Å². The molecule has 0 unspecified atom stereocenters. The van der Waals surface area contributed by atoms with Crippen molar-refractivity contribution in [3.05, 3.63) is 51.7 Å². The lowest BCUT2D eigenvalue weighted by molar-refractivity contribution is 0.0548. The molecule has 1 aromatic carbocycles. The van der Waals surface area contributed by atoms with Gasteiger partial charge in [-0.1, -0.05) is 23.7 Å². The molecule has 5 heteroatoms. The molecule has 3 rings (SSSR count). The Hall–Kier alpha value is -1.78. The first kappa shape index (κ1) is 15.1. The highest BCUT2D eigenvalue weighted by molar-refractivity contribution is 6.30. The Morgan fingerprint density at radius 3 is 2.55 bits per heavy atom. The molecule has 1 aliphatic carbocycles. The van der Waals surface area contributed by atoms with Crippen LogP contribution in [0.3, 0.4) is 0 Å². The molecule has 2 aliphatic rings. The van der Waals surface area contributed by atoms with Crippen LogP contribution in [0.2, 0.25) is 5.02 Å². The highest BCUT2D eigenvalue weighted by Crippen LogP contribution is 2.35. The summed E-state index contributed by atoms with van der Waals surface area (Å²) < 4.78 is 5.46. The van der Waals surface area contributed by atoms with Crippen LogP contribution < -0.4 is 5.84 Å². The molecule has 1 fully saturated rings. The van der Waals surface area contributed by atoms with E-state index in [1.165, 1.54) is 16.8 Å². The Balaban J connectivity index is 1.93. The van der Waals surface area contributed by atoms with Crippen LogP contribution in [0.15, 0.2) is 46.2 Å². The maximum Gasteiger partial charge on any atom is 0.0642 e. The number of hydrogen-bond acceptors (Lipinski definition) is 4. The molecule has 1 heterocycles. The SMILES string of the molecule is N/N=C/C1=C(N2CCOCC2)C(=C/c2ccc(Cl)cc2)/CC1. The monoisotopic (exact) mass is 317 g/mol. The third-order valence-electron chi connectivity index (χ3n) is 4.04. The van der Waals surface area contributed by atoms with Crippen LogP contribution in [0.25, 0.3) is 6.08 Å². The van der Waals surface area contributed by atoms with E-state index in [4.69, 9.17) is 22.2 Å². The molecule has 1 aromatic rings. The van der Waals surface area contributed by atoms with Crippen LogP contribution >= 0.6 is 11.6 Å². The van der Waals surface area contributed by atoms with Gasteiger partial charge in [-0.15, -0.1) is 0 Å². The fraction of sp³-hybridized carbons (Fsp3) is 0.353. The minimum Gasteiger partial charge on any atom is -0.378 e. The Morgan fingerprint density at radius 2 is 1.86 bits per heavy atom. The predicted octanol–water partition coefficient (Wildman–Crippen LogP) is 3.05. The first-order chi connectivity index (χ1) is 10.8. The first-order valence-corrected chi connectivity index (χ1v) is 7.91. The molecule has 22 heavy (non-hydrogen) atoms. The van der Waals surface area contributed by atoms with Crippen LogP contribution in [0.5, 0.6) is 0 Å². The number of morpholine rings is 1. The Kier molecular flexibility index (Phi) is 4.80. The number of allylic oxidation sites excluding steroid dienone is 2. The average Bonchev–Trinajstić information content (AvgIpc) is 2.93. The second-order valence-corrected chi connectivity index (χ2v) is 5.91. The lowest BCUT2D eigenvalue weighted by Gasteiger charge is -2.31. The quantitative estimate of drug-likeness (QED) is 0.529. The van der Waals surface area contributed by atoms with Gasteiger partial charge in [-0.05, 0) is 47.8 Å². The average molecular weight is 318 g/mol. The van der Waals surface area contributed by atoms with Gasteiger partial charge in [0.15, 0.2) is 0 Å². The van der Waals surface area contributed by atoms with Gasteiger partial charge in [-0.3, -0.25) is 0 Å². The highest BCUT2D eigenvalue weighted by Gasteiger charge is 2.25. The number of rotatable bonds is 3. The van der Waals surface area contributed by atoms with E-state index in [2.05, 4.69) is 16.1 Å². The van der Waals surface area contributed by atoms with Crippen molar-refractivity contribution >= 4 is 23.9 Å². The number of ether oxygens (including phenoxy) is 1. The van der Waals surface area contributed by atoms with Crippen molar-refractivity contribution in [2.24, 2.45) is 10.9 Å². The largest absolute Gasteiger partial charge is 0.378 e. The summed E-state index contributed by atoms with van der Waals surface area (Å²) in [7, 11) is 0. The molecule has 2 N–H and O–H groups in total. The van der Waals surface area contributed by atoms with Crippen LogP contribution in [-0.2, 0) is 4.74 Å². The van der Waals surface area contributed by atoms with Crippen LogP contribution in [0.1, 0.15) is 18.4 Å². The summed E-state index contributed by atoms with van der Waals surface area (Å²) in [5.74, 6) is 5.37. The normalized spacial score (nSPS) is 21.3. The van der Waals surface area contributed by atoms with Crippen LogP contribution in [0.4, 0.5) is 0 Å². The topological polar surface area (TPSA) is 50.8 Å². The number of nitrogens with zero attached hydrogens (tertiary/aromatic N) is 2. The molecule has 0 aromatic heterocycles. The Labute approximate surface area is 135 Å². The lowest BCUT2D eigenvalue weighted by Crippen LogP contribution is -2.36. The molecule has 116 valence electrons. The molecular weight excluding hydrogens is 298 g/mol. The van der Waals surface area contributed by atoms with Crippen molar-refractivity contribution in [2.45, 2.75) is 12.8 Å². The van der Waals surface area contributed by atoms with E-state index in [1.54, 1.807) is 6.21 Å². The molecule has 0 bridgehead atoms. The van der Waals surface area contributed by atoms with Gasteiger partial charge in [-0.25, -0.2) is 0 Å². The predicted molar refractivity (Wildman–Crippen MR) is 90.8 cm³/mol. The summed E-state index contributed by atoms with van der Waals surface area (Å²) in [6, 6.07) is 7.93. The second-order valence-electron chi connectivity index (χ2n) is 5.47. The van der Waals surface area contributed by atoms with E-state index in [0.29, 0.717) is 0 Å². The van der Waals surface area contributed by atoms with Crippen molar-refractivity contribution in [3.8, 4) is 0 Å². The maximum absolute atomic E-state index is 5.96. The number of benzene rings is 1.